The number of carbonyl (C=O) groups is 2. The van der Waals surface area contributed by atoms with Crippen LogP contribution in [0.4, 0.5) is 10.1 Å². The summed E-state index contributed by atoms with van der Waals surface area (Å²) in [5.41, 5.74) is -0.738. The largest absolute Gasteiger partial charge is 0.492 e. The van der Waals surface area contributed by atoms with Crippen molar-refractivity contribution in [2.24, 2.45) is 0 Å². The molecule has 1 aromatic carbocycles. The third-order valence-corrected chi connectivity index (χ3v) is 6.60. The van der Waals surface area contributed by atoms with Gasteiger partial charge in [-0.1, -0.05) is 0 Å². The number of carboxylic acid groups (broad SMARTS) is 1. The molecule has 2 unspecified atom stereocenters. The van der Waals surface area contributed by atoms with Gasteiger partial charge in [-0.3, -0.25) is 19.7 Å². The fourth-order valence-corrected chi connectivity index (χ4v) is 5.04. The first-order valence-corrected chi connectivity index (χ1v) is 11.4. The molecular formula is C23H27FN4O7. The molecule has 1 amide bonds. The number of hydrogen-bond acceptors (Lipinski definition) is 7. The van der Waals surface area contributed by atoms with Crippen molar-refractivity contribution in [3.05, 3.63) is 44.0 Å². The van der Waals surface area contributed by atoms with Crippen LogP contribution in [0.1, 0.15) is 49.5 Å². The molecule has 4 rings (SSSR count). The number of anilines is 1. The van der Waals surface area contributed by atoms with Crippen LogP contribution < -0.4 is 15.1 Å². The molecule has 1 aliphatic carbocycles. The molecule has 35 heavy (non-hydrogen) atoms. The topological polar surface area (TPSA) is 135 Å². The first-order valence-electron chi connectivity index (χ1n) is 11.4. The van der Waals surface area contributed by atoms with Crippen molar-refractivity contribution < 1.29 is 28.7 Å². The highest BCUT2D eigenvalue weighted by Gasteiger charge is 2.37. The summed E-state index contributed by atoms with van der Waals surface area (Å²) >= 11 is 0. The van der Waals surface area contributed by atoms with Crippen LogP contribution in [0.5, 0.6) is 5.75 Å². The van der Waals surface area contributed by atoms with E-state index in [1.165, 1.54) is 13.3 Å². The molecular weight excluding hydrogens is 463 g/mol. The van der Waals surface area contributed by atoms with Gasteiger partial charge in [-0.05, 0) is 32.8 Å². The summed E-state index contributed by atoms with van der Waals surface area (Å²) in [5.74, 6) is -2.32. The molecule has 2 aromatic rings. The van der Waals surface area contributed by atoms with Gasteiger partial charge in [-0.25, -0.2) is 9.18 Å². The third-order valence-electron chi connectivity index (χ3n) is 6.60. The van der Waals surface area contributed by atoms with Gasteiger partial charge in [-0.15, -0.1) is 0 Å². The number of halogens is 1. The van der Waals surface area contributed by atoms with Crippen molar-refractivity contribution >= 4 is 28.5 Å². The average Bonchev–Trinajstić information content (AvgIpc) is 3.62. The Morgan fingerprint density at radius 1 is 1.26 bits per heavy atom. The fraction of sp³-hybridized carbons (Fsp3) is 0.522. The SMILES string of the molecule is COc1c(N2CC(C)N(C(=O)CC[N+](=O)[O-])C(C)C2)c(F)cc2c(=O)c(C(=O)O)cn(C3CC3)c12. The minimum Gasteiger partial charge on any atom is -0.492 e. The van der Waals surface area contributed by atoms with Crippen molar-refractivity contribution in [2.45, 2.75) is 51.2 Å². The molecule has 1 aromatic heterocycles. The second-order valence-corrected chi connectivity index (χ2v) is 9.16. The lowest BCUT2D eigenvalue weighted by Crippen LogP contribution is -2.59. The summed E-state index contributed by atoms with van der Waals surface area (Å²) in [5, 5.41) is 20.1. The lowest BCUT2D eigenvalue weighted by atomic mass is 10.0. The molecule has 1 saturated carbocycles. The molecule has 1 aliphatic heterocycles. The Bertz CT molecular complexity index is 1260. The highest BCUT2D eigenvalue weighted by atomic mass is 19.1. The van der Waals surface area contributed by atoms with Crippen LogP contribution in [0, 0.1) is 15.9 Å². The number of piperazine rings is 1. The van der Waals surface area contributed by atoms with Crippen molar-refractivity contribution in [2.75, 3.05) is 31.6 Å². The van der Waals surface area contributed by atoms with Crippen molar-refractivity contribution in [3.8, 4) is 5.75 Å². The van der Waals surface area contributed by atoms with E-state index in [2.05, 4.69) is 0 Å². The predicted octanol–water partition coefficient (Wildman–Crippen LogP) is 2.27. The van der Waals surface area contributed by atoms with E-state index in [1.807, 2.05) is 0 Å². The van der Waals surface area contributed by atoms with E-state index in [9.17, 15) is 29.6 Å². The van der Waals surface area contributed by atoms with Crippen LogP contribution >= 0.6 is 0 Å². The number of ether oxygens (including phenoxy) is 1. The normalized spacial score (nSPS) is 20.2. The maximum Gasteiger partial charge on any atom is 0.341 e. The monoisotopic (exact) mass is 490 g/mol. The molecule has 11 nitrogen and oxygen atoms in total. The van der Waals surface area contributed by atoms with Crippen molar-refractivity contribution in [1.82, 2.24) is 9.47 Å². The van der Waals surface area contributed by atoms with Gasteiger partial charge in [0.1, 0.15) is 11.3 Å². The molecule has 0 bridgehead atoms. The van der Waals surface area contributed by atoms with E-state index < -0.39 is 34.2 Å². The number of aromatic nitrogens is 1. The number of amides is 1. The molecule has 2 heterocycles. The maximum absolute atomic E-state index is 15.6. The minimum absolute atomic E-state index is 0.0164. The van der Waals surface area contributed by atoms with Gasteiger partial charge in [-0.2, -0.15) is 0 Å². The van der Waals surface area contributed by atoms with Gasteiger partial charge >= 0.3 is 5.97 Å². The molecule has 2 atom stereocenters. The quantitative estimate of drug-likeness (QED) is 0.461. The number of pyridine rings is 1. The minimum atomic E-state index is -1.38. The van der Waals surface area contributed by atoms with E-state index in [-0.39, 0.29) is 60.4 Å². The summed E-state index contributed by atoms with van der Waals surface area (Å²) < 4.78 is 22.9. The Labute approximate surface area is 199 Å². The van der Waals surface area contributed by atoms with Crippen LogP contribution in [0.25, 0.3) is 10.9 Å². The van der Waals surface area contributed by atoms with E-state index in [1.54, 1.807) is 28.2 Å². The van der Waals surface area contributed by atoms with Gasteiger partial charge in [0, 0.05) is 42.3 Å². The number of hydrogen-bond donors (Lipinski definition) is 1. The molecule has 0 radical (unpaired) electrons. The van der Waals surface area contributed by atoms with Crippen LogP contribution in [-0.4, -0.2) is 70.2 Å². The Morgan fingerprint density at radius 2 is 1.89 bits per heavy atom. The van der Waals surface area contributed by atoms with Gasteiger partial charge in [0.15, 0.2) is 11.6 Å². The van der Waals surface area contributed by atoms with Gasteiger partial charge in [0.25, 0.3) is 0 Å². The Hall–Kier alpha value is -3.70. The van der Waals surface area contributed by atoms with E-state index >= 15 is 4.39 Å². The van der Waals surface area contributed by atoms with Crippen LogP contribution in [0.15, 0.2) is 17.1 Å². The highest BCUT2D eigenvalue weighted by molar-refractivity contribution is 5.97. The predicted molar refractivity (Wildman–Crippen MR) is 124 cm³/mol. The zero-order chi connectivity index (χ0) is 25.6. The summed E-state index contributed by atoms with van der Waals surface area (Å²) in [6.45, 7) is 3.61. The first kappa shape index (κ1) is 24.4. The summed E-state index contributed by atoms with van der Waals surface area (Å²) in [4.78, 5) is 50.6. The van der Waals surface area contributed by atoms with E-state index in [0.717, 1.165) is 18.9 Å². The lowest BCUT2D eigenvalue weighted by molar-refractivity contribution is -0.478. The average molecular weight is 490 g/mol. The van der Waals surface area contributed by atoms with Crippen molar-refractivity contribution in [3.63, 3.8) is 0 Å². The summed E-state index contributed by atoms with van der Waals surface area (Å²) in [6, 6.07) is 0.318. The lowest BCUT2D eigenvalue weighted by Gasteiger charge is -2.45. The van der Waals surface area contributed by atoms with Crippen LogP contribution in [0.3, 0.4) is 0 Å². The van der Waals surface area contributed by atoms with Crippen LogP contribution in [0.2, 0.25) is 0 Å². The van der Waals surface area contributed by atoms with E-state index in [4.69, 9.17) is 4.74 Å². The molecule has 188 valence electrons. The highest BCUT2D eigenvalue weighted by Crippen LogP contribution is 2.44. The number of nitrogens with zero attached hydrogens (tertiary/aromatic N) is 4. The second-order valence-electron chi connectivity index (χ2n) is 9.16. The molecule has 2 aliphatic rings. The smallest absolute Gasteiger partial charge is 0.341 e. The fourth-order valence-electron chi connectivity index (χ4n) is 5.04. The van der Waals surface area contributed by atoms with Crippen LogP contribution in [-0.2, 0) is 4.79 Å². The number of aromatic carboxylic acids is 1. The summed E-state index contributed by atoms with van der Waals surface area (Å²) in [6.07, 6.45) is 2.68. The zero-order valence-corrected chi connectivity index (χ0v) is 19.7. The number of benzene rings is 1. The zero-order valence-electron chi connectivity index (χ0n) is 19.7. The second kappa shape index (κ2) is 9.16. The van der Waals surface area contributed by atoms with Crippen molar-refractivity contribution in [1.29, 1.82) is 0 Å². The number of carbonyl (C=O) groups excluding carboxylic acids is 1. The Kier molecular flexibility index (Phi) is 6.39. The molecule has 1 saturated heterocycles. The number of fused-ring (bicyclic) bond motifs is 1. The number of nitro groups is 1. The first-order chi connectivity index (χ1) is 16.5. The van der Waals surface area contributed by atoms with Gasteiger partial charge < -0.3 is 24.2 Å². The Morgan fingerprint density at radius 3 is 2.40 bits per heavy atom. The van der Waals surface area contributed by atoms with Gasteiger partial charge in [0.2, 0.25) is 17.9 Å². The molecule has 0 spiro atoms. The number of carboxylic acids is 1. The standard InChI is InChI=1S/C23H27FN4O7/c1-12-9-25(10-13(2)28(12)18(29)6-7-27(33)34)20-17(24)8-15-19(22(20)35-3)26(14-4-5-14)11-16(21(15)30)23(31)32/h8,11-14H,4-7,9-10H2,1-3H3,(H,31,32). The maximum atomic E-state index is 15.6. The van der Waals surface area contributed by atoms with E-state index in [0.29, 0.717) is 5.52 Å². The number of rotatable bonds is 7. The summed E-state index contributed by atoms with van der Waals surface area (Å²) in [7, 11) is 1.37. The third kappa shape index (κ3) is 4.40. The number of methoxy groups -OCH3 is 1. The Balaban J connectivity index is 1.78. The molecule has 12 heteroatoms. The molecule has 2 fully saturated rings. The molecule has 1 N–H and O–H groups in total. The van der Waals surface area contributed by atoms with Gasteiger partial charge in [0.05, 0.1) is 24.4 Å².